The molecule has 4 fully saturated rings. The van der Waals surface area contributed by atoms with Gasteiger partial charge in [-0.2, -0.15) is 0 Å². The van der Waals surface area contributed by atoms with Gasteiger partial charge < -0.3 is 9.47 Å². The molecule has 2 nitrogen and oxygen atoms in total. The van der Waals surface area contributed by atoms with Crippen LogP contribution < -0.4 is 0 Å². The molecule has 6 rings (SSSR count). The molecule has 0 aromatic heterocycles. The van der Waals surface area contributed by atoms with Crippen molar-refractivity contribution in [1.29, 1.82) is 0 Å². The zero-order valence-corrected chi connectivity index (χ0v) is 14.6. The van der Waals surface area contributed by atoms with E-state index in [2.05, 4.69) is 24.3 Å². The Morgan fingerprint density at radius 1 is 0.625 bits per heavy atom. The Balaban J connectivity index is 0.986. The van der Waals surface area contributed by atoms with Crippen LogP contribution in [0, 0.1) is 47.3 Å². The Morgan fingerprint density at radius 3 is 1.62 bits per heavy atom. The number of ether oxygens (including phenoxy) is 2. The van der Waals surface area contributed by atoms with Gasteiger partial charge in [0.05, 0.1) is 25.4 Å². The van der Waals surface area contributed by atoms with Gasteiger partial charge in [0.1, 0.15) is 0 Å². The van der Waals surface area contributed by atoms with E-state index in [0.717, 1.165) is 60.6 Å². The zero-order valence-electron chi connectivity index (χ0n) is 14.6. The van der Waals surface area contributed by atoms with Crippen molar-refractivity contribution in [2.45, 2.75) is 50.7 Å². The van der Waals surface area contributed by atoms with Gasteiger partial charge in [0.15, 0.2) is 0 Å². The third-order valence-corrected chi connectivity index (χ3v) is 8.64. The van der Waals surface area contributed by atoms with Crippen molar-refractivity contribution in [2.24, 2.45) is 47.3 Å². The van der Waals surface area contributed by atoms with Crippen LogP contribution in [0.2, 0.25) is 0 Å². The van der Waals surface area contributed by atoms with E-state index in [1.54, 1.807) is 0 Å². The first-order valence-corrected chi connectivity index (χ1v) is 10.4. The smallest absolute Gasteiger partial charge is 0.0704 e. The molecule has 0 amide bonds. The van der Waals surface area contributed by atoms with Crippen molar-refractivity contribution in [3.05, 3.63) is 24.3 Å². The van der Waals surface area contributed by atoms with Crippen LogP contribution in [0.15, 0.2) is 24.3 Å². The van der Waals surface area contributed by atoms with Crippen molar-refractivity contribution in [3.8, 4) is 0 Å². The summed E-state index contributed by atoms with van der Waals surface area (Å²) in [6.07, 6.45) is 19.0. The molecule has 4 saturated carbocycles. The fourth-order valence-electron chi connectivity index (χ4n) is 7.75. The number of hydrogen-bond donors (Lipinski definition) is 0. The van der Waals surface area contributed by atoms with E-state index in [-0.39, 0.29) is 0 Å². The minimum Gasteiger partial charge on any atom is -0.376 e. The predicted molar refractivity (Wildman–Crippen MR) is 93.4 cm³/mol. The molecule has 0 radical (unpaired) electrons. The van der Waals surface area contributed by atoms with Gasteiger partial charge in [0.25, 0.3) is 0 Å². The number of rotatable bonds is 5. The van der Waals surface area contributed by atoms with Gasteiger partial charge >= 0.3 is 0 Å². The maximum Gasteiger partial charge on any atom is 0.0704 e. The summed E-state index contributed by atoms with van der Waals surface area (Å²) in [4.78, 5) is 0. The SMILES string of the molecule is C1=C[C@H]2[C@H](C1)[C@H]1C[C@H]2[C@H](OCCO[C@@H]2C[C@H]3C[C@H]2[C@@H]2C=CC[C@@H]32)C1. The van der Waals surface area contributed by atoms with Crippen LogP contribution in [0.1, 0.15) is 38.5 Å². The van der Waals surface area contributed by atoms with E-state index >= 15 is 0 Å². The molecule has 0 unspecified atom stereocenters. The first-order valence-electron chi connectivity index (χ1n) is 10.4. The summed E-state index contributed by atoms with van der Waals surface area (Å²) in [5, 5.41) is 0. The van der Waals surface area contributed by atoms with Crippen LogP contribution in [0.3, 0.4) is 0 Å². The third-order valence-electron chi connectivity index (χ3n) is 8.64. The van der Waals surface area contributed by atoms with Crippen molar-refractivity contribution >= 4 is 0 Å². The van der Waals surface area contributed by atoms with Crippen LogP contribution in [-0.4, -0.2) is 25.4 Å². The van der Waals surface area contributed by atoms with Crippen molar-refractivity contribution < 1.29 is 9.47 Å². The lowest BCUT2D eigenvalue weighted by Gasteiger charge is -2.32. The highest BCUT2D eigenvalue weighted by molar-refractivity contribution is 5.15. The van der Waals surface area contributed by atoms with Crippen LogP contribution in [0.25, 0.3) is 0 Å². The summed E-state index contributed by atoms with van der Waals surface area (Å²) in [6, 6.07) is 0. The molecule has 0 aromatic carbocycles. The molecule has 6 aliphatic carbocycles. The Morgan fingerprint density at radius 2 is 1.12 bits per heavy atom. The summed E-state index contributed by atoms with van der Waals surface area (Å²) in [7, 11) is 0. The average molecular weight is 326 g/mol. The van der Waals surface area contributed by atoms with E-state index in [1.165, 1.54) is 38.5 Å². The lowest BCUT2D eigenvalue weighted by molar-refractivity contribution is -0.0642. The van der Waals surface area contributed by atoms with Gasteiger partial charge in [-0.05, 0) is 85.9 Å². The monoisotopic (exact) mass is 326 g/mol. The topological polar surface area (TPSA) is 18.5 Å². The highest BCUT2D eigenvalue weighted by atomic mass is 16.5. The molecular formula is C22H30O2. The molecule has 0 saturated heterocycles. The van der Waals surface area contributed by atoms with Crippen LogP contribution in [0.5, 0.6) is 0 Å². The Bertz CT molecular complexity index is 516. The van der Waals surface area contributed by atoms with Gasteiger partial charge in [-0.15, -0.1) is 0 Å². The molecule has 0 aliphatic heterocycles. The van der Waals surface area contributed by atoms with Gasteiger partial charge in [0.2, 0.25) is 0 Å². The number of allylic oxidation sites excluding steroid dienone is 4. The Kier molecular flexibility index (Phi) is 3.30. The first kappa shape index (κ1) is 14.6. The van der Waals surface area contributed by atoms with Gasteiger partial charge in [-0.25, -0.2) is 0 Å². The standard InChI is InChI=1S/C22H30O2/c1-3-15-13-9-19(17(15)5-1)21(11-13)23-7-8-24-22-12-14-10-20(22)18-6-2-4-16(14)18/h1-2,5-6,13-22H,3-4,7-12H2/t13-,14+,15+,16-,17-,18+,19+,20-,21-,22-/m1/s1. The quantitative estimate of drug-likeness (QED) is 0.556. The molecular weight excluding hydrogens is 296 g/mol. The minimum absolute atomic E-state index is 0.518. The lowest BCUT2D eigenvalue weighted by atomic mass is 9.80. The second kappa shape index (κ2) is 5.45. The van der Waals surface area contributed by atoms with E-state index in [4.69, 9.17) is 9.47 Å². The van der Waals surface area contributed by atoms with Crippen molar-refractivity contribution in [1.82, 2.24) is 0 Å². The van der Waals surface area contributed by atoms with Crippen molar-refractivity contribution in [2.75, 3.05) is 13.2 Å². The van der Waals surface area contributed by atoms with E-state index in [0.29, 0.717) is 12.2 Å². The third kappa shape index (κ3) is 2.02. The fourth-order valence-corrected chi connectivity index (χ4v) is 7.75. The maximum atomic E-state index is 6.30. The van der Waals surface area contributed by atoms with Gasteiger partial charge in [-0.3, -0.25) is 0 Å². The van der Waals surface area contributed by atoms with Crippen LogP contribution in [-0.2, 0) is 9.47 Å². The molecule has 0 N–H and O–H groups in total. The Hall–Kier alpha value is -0.600. The predicted octanol–water partition coefficient (Wildman–Crippen LogP) is 4.22. The van der Waals surface area contributed by atoms with Crippen molar-refractivity contribution in [3.63, 3.8) is 0 Å². The second-order valence-electron chi connectivity index (χ2n) is 9.42. The molecule has 10 atom stereocenters. The highest BCUT2D eigenvalue weighted by Crippen LogP contribution is 2.58. The summed E-state index contributed by atoms with van der Waals surface area (Å²) in [6.45, 7) is 1.62. The molecule has 2 heteroatoms. The second-order valence-corrected chi connectivity index (χ2v) is 9.42. The number of fused-ring (bicyclic) bond motifs is 10. The molecule has 130 valence electrons. The molecule has 4 bridgehead atoms. The molecule has 0 spiro atoms. The maximum absolute atomic E-state index is 6.30. The van der Waals surface area contributed by atoms with Crippen LogP contribution in [0.4, 0.5) is 0 Å². The fraction of sp³-hybridized carbons (Fsp3) is 0.818. The van der Waals surface area contributed by atoms with E-state index in [1.807, 2.05) is 0 Å². The van der Waals surface area contributed by atoms with Crippen LogP contribution >= 0.6 is 0 Å². The minimum atomic E-state index is 0.518. The molecule has 24 heavy (non-hydrogen) atoms. The number of hydrogen-bond acceptors (Lipinski definition) is 2. The molecule has 0 aromatic rings. The Labute approximate surface area is 145 Å². The van der Waals surface area contributed by atoms with E-state index in [9.17, 15) is 0 Å². The molecule has 0 heterocycles. The summed E-state index contributed by atoms with van der Waals surface area (Å²) in [5.41, 5.74) is 0. The summed E-state index contributed by atoms with van der Waals surface area (Å²) >= 11 is 0. The zero-order chi connectivity index (χ0) is 15.7. The van der Waals surface area contributed by atoms with Gasteiger partial charge in [0, 0.05) is 0 Å². The lowest BCUT2D eigenvalue weighted by Crippen LogP contribution is -2.33. The normalized spacial score (nSPS) is 55.7. The molecule has 6 aliphatic rings. The summed E-state index contributed by atoms with van der Waals surface area (Å²) in [5.74, 6) is 7.11. The summed E-state index contributed by atoms with van der Waals surface area (Å²) < 4.78 is 12.6. The highest BCUT2D eigenvalue weighted by Gasteiger charge is 2.54. The average Bonchev–Trinajstić information content (AvgIpc) is 3.40. The largest absolute Gasteiger partial charge is 0.376 e. The first-order chi connectivity index (χ1) is 11.9. The van der Waals surface area contributed by atoms with E-state index < -0.39 is 0 Å². The van der Waals surface area contributed by atoms with Gasteiger partial charge in [-0.1, -0.05) is 24.3 Å².